The SMILES string of the molecule is CCOC(=O)C(C)n1cc(Br)c(N)n1. The molecule has 78 valence electrons. The molecule has 1 rings (SSSR count). The molecule has 0 spiro atoms. The van der Waals surface area contributed by atoms with Crippen molar-refractivity contribution in [1.82, 2.24) is 9.78 Å². The molecule has 0 bridgehead atoms. The highest BCUT2D eigenvalue weighted by molar-refractivity contribution is 9.10. The Labute approximate surface area is 90.3 Å². The van der Waals surface area contributed by atoms with Crippen LogP contribution >= 0.6 is 15.9 Å². The van der Waals surface area contributed by atoms with E-state index < -0.39 is 6.04 Å². The smallest absolute Gasteiger partial charge is 0.330 e. The van der Waals surface area contributed by atoms with Gasteiger partial charge in [-0.1, -0.05) is 0 Å². The Bertz CT molecular complexity index is 318. The van der Waals surface area contributed by atoms with Crippen LogP contribution in [0.2, 0.25) is 0 Å². The lowest BCUT2D eigenvalue weighted by molar-refractivity contribution is -0.146. The van der Waals surface area contributed by atoms with Gasteiger partial charge in [-0.2, -0.15) is 5.10 Å². The fraction of sp³-hybridized carbons (Fsp3) is 0.500. The first-order valence-electron chi connectivity index (χ1n) is 4.23. The van der Waals surface area contributed by atoms with Crippen LogP contribution in [0.4, 0.5) is 5.82 Å². The summed E-state index contributed by atoms with van der Waals surface area (Å²) in [6.45, 7) is 3.83. The topological polar surface area (TPSA) is 70.1 Å². The minimum absolute atomic E-state index is 0.317. The van der Waals surface area contributed by atoms with Crippen molar-refractivity contribution in [3.05, 3.63) is 10.7 Å². The van der Waals surface area contributed by atoms with E-state index in [1.165, 1.54) is 4.68 Å². The highest BCUT2D eigenvalue weighted by Crippen LogP contribution is 2.19. The Kier molecular flexibility index (Phi) is 3.51. The second-order valence-electron chi connectivity index (χ2n) is 2.77. The number of rotatable bonds is 3. The third-order valence-electron chi connectivity index (χ3n) is 1.74. The van der Waals surface area contributed by atoms with E-state index in [0.29, 0.717) is 16.9 Å². The molecule has 1 aromatic rings. The first kappa shape index (κ1) is 11.0. The molecule has 1 heterocycles. The molecule has 0 saturated carbocycles. The number of hydrogen-bond donors (Lipinski definition) is 1. The van der Waals surface area contributed by atoms with Crippen LogP contribution in [0.1, 0.15) is 19.9 Å². The largest absolute Gasteiger partial charge is 0.464 e. The maximum absolute atomic E-state index is 11.3. The maximum Gasteiger partial charge on any atom is 0.330 e. The lowest BCUT2D eigenvalue weighted by atomic mass is 10.3. The number of carbonyl (C=O) groups is 1. The number of nitrogens with two attached hydrogens (primary N) is 1. The van der Waals surface area contributed by atoms with Gasteiger partial charge in [-0.05, 0) is 29.8 Å². The van der Waals surface area contributed by atoms with Crippen LogP contribution in [0, 0.1) is 0 Å². The molecule has 0 aliphatic rings. The zero-order valence-electron chi connectivity index (χ0n) is 8.03. The number of hydrogen-bond acceptors (Lipinski definition) is 4. The van der Waals surface area contributed by atoms with E-state index in [1.807, 2.05) is 0 Å². The van der Waals surface area contributed by atoms with Crippen molar-refractivity contribution in [2.45, 2.75) is 19.9 Å². The van der Waals surface area contributed by atoms with Crippen LogP contribution in [0.5, 0.6) is 0 Å². The van der Waals surface area contributed by atoms with Crippen LogP contribution in [-0.4, -0.2) is 22.4 Å². The van der Waals surface area contributed by atoms with Gasteiger partial charge in [0.25, 0.3) is 0 Å². The molecule has 0 aromatic carbocycles. The number of carbonyl (C=O) groups excluding carboxylic acids is 1. The number of anilines is 1. The number of aromatic nitrogens is 2. The van der Waals surface area contributed by atoms with Crippen LogP contribution in [0.25, 0.3) is 0 Å². The zero-order chi connectivity index (χ0) is 10.7. The van der Waals surface area contributed by atoms with Gasteiger partial charge in [0.1, 0.15) is 6.04 Å². The summed E-state index contributed by atoms with van der Waals surface area (Å²) >= 11 is 3.21. The van der Waals surface area contributed by atoms with Gasteiger partial charge in [0.2, 0.25) is 0 Å². The molecule has 1 unspecified atom stereocenters. The van der Waals surface area contributed by atoms with Gasteiger partial charge >= 0.3 is 5.97 Å². The highest BCUT2D eigenvalue weighted by atomic mass is 79.9. The van der Waals surface area contributed by atoms with Crippen molar-refractivity contribution in [2.75, 3.05) is 12.3 Å². The molecule has 0 fully saturated rings. The van der Waals surface area contributed by atoms with Gasteiger partial charge in [-0.15, -0.1) is 0 Å². The van der Waals surface area contributed by atoms with Crippen LogP contribution < -0.4 is 5.73 Å². The quantitative estimate of drug-likeness (QED) is 0.835. The summed E-state index contributed by atoms with van der Waals surface area (Å²) in [7, 11) is 0. The van der Waals surface area contributed by atoms with Crippen molar-refractivity contribution >= 4 is 27.7 Å². The standard InChI is InChI=1S/C8H12BrN3O2/c1-3-14-8(13)5(2)12-4-6(9)7(10)11-12/h4-5H,3H2,1-2H3,(H2,10,11). The van der Waals surface area contributed by atoms with Crippen LogP contribution in [-0.2, 0) is 9.53 Å². The minimum Gasteiger partial charge on any atom is -0.464 e. The fourth-order valence-electron chi connectivity index (χ4n) is 0.953. The van der Waals surface area contributed by atoms with E-state index in [9.17, 15) is 4.79 Å². The maximum atomic E-state index is 11.3. The molecule has 0 aliphatic heterocycles. The van der Waals surface area contributed by atoms with Crippen molar-refractivity contribution < 1.29 is 9.53 Å². The molecular weight excluding hydrogens is 250 g/mol. The molecule has 2 N–H and O–H groups in total. The van der Waals surface area contributed by atoms with Crippen molar-refractivity contribution in [3.8, 4) is 0 Å². The third-order valence-corrected chi connectivity index (χ3v) is 2.35. The Morgan fingerprint density at radius 2 is 2.50 bits per heavy atom. The highest BCUT2D eigenvalue weighted by Gasteiger charge is 2.17. The van der Waals surface area contributed by atoms with Gasteiger partial charge in [0, 0.05) is 6.20 Å². The Morgan fingerprint density at radius 1 is 1.86 bits per heavy atom. The summed E-state index contributed by atoms with van der Waals surface area (Å²) in [6, 6.07) is -0.455. The first-order valence-corrected chi connectivity index (χ1v) is 5.02. The molecule has 14 heavy (non-hydrogen) atoms. The van der Waals surface area contributed by atoms with Gasteiger partial charge in [-0.25, -0.2) is 4.79 Å². The van der Waals surface area contributed by atoms with Gasteiger partial charge in [-0.3, -0.25) is 4.68 Å². The summed E-state index contributed by atoms with van der Waals surface area (Å²) < 4.78 is 7.00. The summed E-state index contributed by atoms with van der Waals surface area (Å²) in [5.41, 5.74) is 5.52. The van der Waals surface area contributed by atoms with E-state index in [-0.39, 0.29) is 5.97 Å². The molecular formula is C8H12BrN3O2. The normalized spacial score (nSPS) is 12.5. The molecule has 0 radical (unpaired) electrons. The molecule has 6 heteroatoms. The van der Waals surface area contributed by atoms with Gasteiger partial charge < -0.3 is 10.5 Å². The lowest BCUT2D eigenvalue weighted by Crippen LogP contribution is -2.19. The van der Waals surface area contributed by atoms with E-state index in [2.05, 4.69) is 21.0 Å². The van der Waals surface area contributed by atoms with E-state index in [4.69, 9.17) is 10.5 Å². The van der Waals surface area contributed by atoms with Crippen molar-refractivity contribution in [3.63, 3.8) is 0 Å². The number of halogens is 1. The number of esters is 1. The molecule has 0 amide bonds. The second-order valence-corrected chi connectivity index (χ2v) is 3.62. The van der Waals surface area contributed by atoms with Crippen molar-refractivity contribution in [1.29, 1.82) is 0 Å². The van der Waals surface area contributed by atoms with E-state index >= 15 is 0 Å². The molecule has 0 saturated heterocycles. The summed E-state index contributed by atoms with van der Waals surface area (Å²) in [6.07, 6.45) is 1.65. The monoisotopic (exact) mass is 261 g/mol. The first-order chi connectivity index (χ1) is 6.56. The second kappa shape index (κ2) is 4.45. The molecule has 1 atom stereocenters. The molecule has 1 aromatic heterocycles. The van der Waals surface area contributed by atoms with Gasteiger partial charge in [0.15, 0.2) is 5.82 Å². The fourth-order valence-corrected chi connectivity index (χ4v) is 1.24. The lowest BCUT2D eigenvalue weighted by Gasteiger charge is -2.09. The predicted molar refractivity (Wildman–Crippen MR) is 55.7 cm³/mol. The van der Waals surface area contributed by atoms with Crippen molar-refractivity contribution in [2.24, 2.45) is 0 Å². The Morgan fingerprint density at radius 3 is 2.93 bits per heavy atom. The summed E-state index contributed by atoms with van der Waals surface area (Å²) in [5.74, 6) is 0.0450. The molecule has 0 aliphatic carbocycles. The molecule has 5 nitrogen and oxygen atoms in total. The average Bonchev–Trinajstić information content (AvgIpc) is 2.46. The van der Waals surface area contributed by atoms with Crippen LogP contribution in [0.15, 0.2) is 10.7 Å². The average molecular weight is 262 g/mol. The predicted octanol–water partition coefficient (Wildman–Crippen LogP) is 1.35. The Balaban J connectivity index is 2.78. The summed E-state index contributed by atoms with van der Waals surface area (Å²) in [4.78, 5) is 11.3. The number of ether oxygens (including phenoxy) is 1. The number of nitrogens with zero attached hydrogens (tertiary/aromatic N) is 2. The minimum atomic E-state index is -0.455. The number of nitrogen functional groups attached to an aromatic ring is 1. The van der Waals surface area contributed by atoms with Crippen LogP contribution in [0.3, 0.4) is 0 Å². The Hall–Kier alpha value is -1.04. The van der Waals surface area contributed by atoms with Gasteiger partial charge in [0.05, 0.1) is 11.1 Å². The third kappa shape index (κ3) is 2.25. The van der Waals surface area contributed by atoms with E-state index in [1.54, 1.807) is 20.0 Å². The zero-order valence-corrected chi connectivity index (χ0v) is 9.61. The van der Waals surface area contributed by atoms with E-state index in [0.717, 1.165) is 0 Å². The summed E-state index contributed by atoms with van der Waals surface area (Å²) in [5, 5.41) is 3.96.